The molecule has 0 heterocycles. The van der Waals surface area contributed by atoms with Crippen LogP contribution >= 0.6 is 0 Å². The topological polar surface area (TPSA) is 74.7 Å². The average Bonchev–Trinajstić information content (AvgIpc) is 2.10. The zero-order valence-electron chi connectivity index (χ0n) is 9.52. The normalized spacial score (nSPS) is 15.3. The molecule has 0 saturated carbocycles. The first-order valence-corrected chi connectivity index (χ1v) is 6.20. The van der Waals surface area contributed by atoms with Gasteiger partial charge in [-0.15, -0.1) is 0 Å². The van der Waals surface area contributed by atoms with Crippen LogP contribution in [0.2, 0.25) is 0 Å². The molecule has 0 saturated heterocycles. The summed E-state index contributed by atoms with van der Waals surface area (Å²) in [6.07, 6.45) is -4.93. The third-order valence-electron chi connectivity index (χ3n) is 2.10. The van der Waals surface area contributed by atoms with Crippen molar-refractivity contribution in [3.63, 3.8) is 0 Å². The molecule has 0 amide bonds. The molecule has 0 fully saturated rings. The van der Waals surface area contributed by atoms with Crippen LogP contribution in [0.4, 0.5) is 13.2 Å². The van der Waals surface area contributed by atoms with Crippen LogP contribution in [-0.2, 0) is 14.8 Å². The minimum atomic E-state index is -4.93. The minimum Gasteiger partial charge on any atom is -0.480 e. The number of rotatable bonds is 5. The van der Waals surface area contributed by atoms with E-state index in [0.29, 0.717) is 11.2 Å². The second kappa shape index (κ2) is 5.21. The Bertz CT molecular complexity index is 377. The Labute approximate surface area is 97.3 Å². The molecule has 9 heteroatoms. The number of nitrogens with zero attached hydrogens (tertiary/aromatic N) is 1. The molecule has 102 valence electrons. The van der Waals surface area contributed by atoms with Crippen LogP contribution in [0.15, 0.2) is 0 Å². The van der Waals surface area contributed by atoms with Crippen LogP contribution in [0.3, 0.4) is 0 Å². The van der Waals surface area contributed by atoms with Crippen molar-refractivity contribution < 1.29 is 31.5 Å². The lowest BCUT2D eigenvalue weighted by molar-refractivity contribution is -0.138. The van der Waals surface area contributed by atoms with Gasteiger partial charge in [-0.1, -0.05) is 0 Å². The molecule has 1 unspecified atom stereocenters. The Morgan fingerprint density at radius 2 is 1.71 bits per heavy atom. The van der Waals surface area contributed by atoms with Gasteiger partial charge in [0, 0.05) is 6.04 Å². The van der Waals surface area contributed by atoms with Gasteiger partial charge in [0.1, 0.15) is 6.54 Å². The van der Waals surface area contributed by atoms with E-state index in [4.69, 9.17) is 5.11 Å². The summed E-state index contributed by atoms with van der Waals surface area (Å²) in [6, 6.07) is -0.860. The van der Waals surface area contributed by atoms with E-state index >= 15 is 0 Å². The van der Waals surface area contributed by atoms with Crippen molar-refractivity contribution in [3.05, 3.63) is 0 Å². The predicted octanol–water partition coefficient (Wildman–Crippen LogP) is 1.06. The van der Waals surface area contributed by atoms with E-state index in [0.717, 1.165) is 0 Å². The number of carboxylic acid groups (broad SMARTS) is 1. The second-order valence-electron chi connectivity index (χ2n) is 3.76. The average molecular weight is 277 g/mol. The highest BCUT2D eigenvalue weighted by molar-refractivity contribution is 7.89. The summed E-state index contributed by atoms with van der Waals surface area (Å²) >= 11 is 0. The molecular formula is C8H14F3NO4S. The minimum absolute atomic E-state index is 0.327. The van der Waals surface area contributed by atoms with E-state index in [1.165, 1.54) is 13.8 Å². The number of carbonyl (C=O) groups is 1. The fourth-order valence-corrected chi connectivity index (χ4v) is 2.69. The summed E-state index contributed by atoms with van der Waals surface area (Å²) < 4.78 is 60.6. The Morgan fingerprint density at radius 1 is 1.29 bits per heavy atom. The zero-order chi connectivity index (χ0) is 14.0. The van der Waals surface area contributed by atoms with E-state index in [1.807, 2.05) is 0 Å². The fourth-order valence-electron chi connectivity index (χ4n) is 1.07. The maximum absolute atomic E-state index is 12.4. The highest BCUT2D eigenvalue weighted by Crippen LogP contribution is 2.28. The van der Waals surface area contributed by atoms with E-state index in [1.54, 1.807) is 0 Å². The van der Waals surface area contributed by atoms with E-state index in [2.05, 4.69) is 0 Å². The van der Waals surface area contributed by atoms with Crippen LogP contribution in [0.1, 0.15) is 20.8 Å². The van der Waals surface area contributed by atoms with Crippen molar-refractivity contribution in [2.45, 2.75) is 38.2 Å². The fraction of sp³-hybridized carbons (Fsp3) is 0.875. The molecule has 0 radical (unpaired) electrons. The van der Waals surface area contributed by atoms with Gasteiger partial charge in [-0.05, 0) is 20.8 Å². The molecule has 0 aliphatic rings. The highest BCUT2D eigenvalue weighted by atomic mass is 32.2. The van der Waals surface area contributed by atoms with Crippen molar-refractivity contribution in [1.82, 2.24) is 4.31 Å². The van der Waals surface area contributed by atoms with Gasteiger partial charge in [-0.2, -0.15) is 17.5 Å². The summed E-state index contributed by atoms with van der Waals surface area (Å²) in [5.41, 5.74) is 0. The van der Waals surface area contributed by atoms with Crippen LogP contribution in [-0.4, -0.2) is 47.8 Å². The third kappa shape index (κ3) is 4.15. The van der Waals surface area contributed by atoms with Crippen molar-refractivity contribution in [1.29, 1.82) is 0 Å². The quantitative estimate of drug-likeness (QED) is 0.815. The second-order valence-corrected chi connectivity index (χ2v) is 5.97. The lowest BCUT2D eigenvalue weighted by atomic mass is 10.4. The van der Waals surface area contributed by atoms with E-state index in [-0.39, 0.29) is 0 Å². The monoisotopic (exact) mass is 277 g/mol. The lowest BCUT2D eigenvalue weighted by Crippen LogP contribution is -2.49. The molecule has 1 N–H and O–H groups in total. The van der Waals surface area contributed by atoms with Gasteiger partial charge in [0.15, 0.2) is 5.25 Å². The number of aliphatic carboxylic acids is 1. The molecule has 5 nitrogen and oxygen atoms in total. The summed E-state index contributed by atoms with van der Waals surface area (Å²) in [7, 11) is -4.73. The molecule has 0 rings (SSSR count). The molecular weight excluding hydrogens is 263 g/mol. The lowest BCUT2D eigenvalue weighted by Gasteiger charge is -2.28. The molecule has 0 bridgehead atoms. The summed E-state index contributed by atoms with van der Waals surface area (Å²) in [6.45, 7) is 2.13. The molecule has 0 aromatic carbocycles. The Hall–Kier alpha value is -0.830. The number of hydrogen-bond donors (Lipinski definition) is 1. The number of hydrogen-bond acceptors (Lipinski definition) is 3. The molecule has 17 heavy (non-hydrogen) atoms. The first-order valence-electron chi connectivity index (χ1n) is 4.69. The Kier molecular flexibility index (Phi) is 4.96. The Morgan fingerprint density at radius 3 is 1.94 bits per heavy atom. The zero-order valence-corrected chi connectivity index (χ0v) is 10.3. The van der Waals surface area contributed by atoms with E-state index < -0.39 is 40.0 Å². The smallest absolute Gasteiger partial charge is 0.406 e. The molecule has 0 aromatic heterocycles. The van der Waals surface area contributed by atoms with Crippen LogP contribution in [0, 0.1) is 0 Å². The molecule has 1 atom stereocenters. The van der Waals surface area contributed by atoms with Gasteiger partial charge >= 0.3 is 12.1 Å². The van der Waals surface area contributed by atoms with Gasteiger partial charge in [0.2, 0.25) is 10.0 Å². The molecule has 0 aromatic rings. The van der Waals surface area contributed by atoms with Gasteiger partial charge < -0.3 is 5.11 Å². The standard InChI is InChI=1S/C8H14F3NO4S/c1-5(2)12(4-7(13)14)17(15,16)6(3)8(9,10)11/h5-6H,4H2,1-3H3,(H,13,14). The maximum Gasteiger partial charge on any atom is 0.406 e. The number of sulfonamides is 1. The molecule has 0 aliphatic carbocycles. The maximum atomic E-state index is 12.4. The predicted molar refractivity (Wildman–Crippen MR) is 53.9 cm³/mol. The van der Waals surface area contributed by atoms with Crippen LogP contribution in [0.25, 0.3) is 0 Å². The van der Waals surface area contributed by atoms with Crippen molar-refractivity contribution in [2.75, 3.05) is 6.54 Å². The number of halogens is 3. The van der Waals surface area contributed by atoms with Crippen molar-refractivity contribution in [3.8, 4) is 0 Å². The summed E-state index contributed by atoms with van der Waals surface area (Å²) in [5, 5.41) is 5.87. The van der Waals surface area contributed by atoms with Gasteiger partial charge in [-0.25, -0.2) is 8.42 Å². The van der Waals surface area contributed by atoms with Crippen LogP contribution in [0.5, 0.6) is 0 Å². The van der Waals surface area contributed by atoms with Gasteiger partial charge in [0.25, 0.3) is 0 Å². The highest BCUT2D eigenvalue weighted by Gasteiger charge is 2.48. The SMILES string of the molecule is CC(C)N(CC(=O)O)S(=O)(=O)C(C)C(F)(F)F. The first-order chi connectivity index (χ1) is 7.40. The first kappa shape index (κ1) is 16.2. The van der Waals surface area contributed by atoms with Crippen LogP contribution < -0.4 is 0 Å². The van der Waals surface area contributed by atoms with Crippen molar-refractivity contribution in [2.24, 2.45) is 0 Å². The summed E-state index contributed by atoms with van der Waals surface area (Å²) in [5.74, 6) is -1.50. The largest absolute Gasteiger partial charge is 0.480 e. The van der Waals surface area contributed by atoms with E-state index in [9.17, 15) is 26.4 Å². The number of carboxylic acids is 1. The van der Waals surface area contributed by atoms with Gasteiger partial charge in [-0.3, -0.25) is 4.79 Å². The third-order valence-corrected chi connectivity index (χ3v) is 4.47. The number of alkyl halides is 3. The summed E-state index contributed by atoms with van der Waals surface area (Å²) in [4.78, 5) is 10.4. The molecule has 0 spiro atoms. The van der Waals surface area contributed by atoms with Gasteiger partial charge in [0.05, 0.1) is 0 Å². The van der Waals surface area contributed by atoms with Crippen molar-refractivity contribution >= 4 is 16.0 Å². The molecule has 0 aliphatic heterocycles. The Balaban J connectivity index is 5.31.